The van der Waals surface area contributed by atoms with E-state index in [-0.39, 0.29) is 0 Å². The molecule has 0 aliphatic heterocycles. The third-order valence-corrected chi connectivity index (χ3v) is 5.26. The molecule has 112 valence electrons. The molecule has 1 aromatic heterocycles. The number of benzene rings is 1. The average molecular weight is 301 g/mol. The Bertz CT molecular complexity index is 600. The highest BCUT2D eigenvalue weighted by molar-refractivity contribution is 7.98. The number of nitrogen functional groups attached to an aromatic ring is 1. The summed E-state index contributed by atoms with van der Waals surface area (Å²) in [7, 11) is 0. The summed E-state index contributed by atoms with van der Waals surface area (Å²) in [5, 5.41) is 4.76. The predicted molar refractivity (Wildman–Crippen MR) is 89.5 cm³/mol. The molecule has 2 aromatic rings. The number of aromatic nitrogens is 2. The molecular formula is C17H23N3S. The Hall–Kier alpha value is -1.42. The summed E-state index contributed by atoms with van der Waals surface area (Å²) in [5.74, 6) is 0.882. The van der Waals surface area contributed by atoms with Crippen LogP contribution < -0.4 is 5.73 Å². The maximum absolute atomic E-state index is 6.03. The Balaban J connectivity index is 1.63. The molecule has 3 rings (SSSR count). The van der Waals surface area contributed by atoms with Gasteiger partial charge in [0.2, 0.25) is 0 Å². The van der Waals surface area contributed by atoms with Gasteiger partial charge in [-0.1, -0.05) is 25.3 Å². The Kier molecular flexibility index (Phi) is 4.54. The minimum absolute atomic E-state index is 0.613. The fourth-order valence-electron chi connectivity index (χ4n) is 2.92. The Morgan fingerprint density at radius 3 is 2.86 bits per heavy atom. The van der Waals surface area contributed by atoms with Crippen molar-refractivity contribution in [3.63, 3.8) is 0 Å². The van der Waals surface area contributed by atoms with Gasteiger partial charge in [-0.15, -0.1) is 11.8 Å². The summed E-state index contributed by atoms with van der Waals surface area (Å²) in [5.41, 5.74) is 9.28. The molecule has 0 unspecified atom stereocenters. The van der Waals surface area contributed by atoms with Crippen molar-refractivity contribution in [1.29, 1.82) is 0 Å². The first-order chi connectivity index (χ1) is 10.2. The fourth-order valence-corrected chi connectivity index (χ4v) is 3.88. The zero-order chi connectivity index (χ0) is 14.7. The lowest BCUT2D eigenvalue weighted by atomic mass is 9.96. The molecule has 1 aliphatic rings. The zero-order valence-corrected chi connectivity index (χ0v) is 13.4. The van der Waals surface area contributed by atoms with E-state index in [1.54, 1.807) is 11.8 Å². The highest BCUT2D eigenvalue weighted by Gasteiger charge is 2.16. The molecule has 2 N–H and O–H groups in total. The third-order valence-electron chi connectivity index (χ3n) is 4.16. The Morgan fingerprint density at radius 2 is 2.05 bits per heavy atom. The van der Waals surface area contributed by atoms with Crippen molar-refractivity contribution in [2.45, 2.75) is 55.7 Å². The van der Waals surface area contributed by atoms with E-state index < -0.39 is 0 Å². The molecule has 0 amide bonds. The summed E-state index contributed by atoms with van der Waals surface area (Å²) in [6.07, 6.45) is 8.76. The number of rotatable bonds is 4. The monoisotopic (exact) mass is 301 g/mol. The van der Waals surface area contributed by atoms with Crippen LogP contribution in [-0.4, -0.2) is 9.78 Å². The molecule has 0 radical (unpaired) electrons. The first-order valence-electron chi connectivity index (χ1n) is 7.75. The normalized spacial score (nSPS) is 16.2. The maximum Gasteiger partial charge on any atom is 0.0727 e. The number of nitrogens with zero attached hydrogens (tertiary/aromatic N) is 2. The highest BCUT2D eigenvalue weighted by atomic mass is 32.2. The van der Waals surface area contributed by atoms with E-state index in [1.807, 2.05) is 6.07 Å². The van der Waals surface area contributed by atoms with E-state index in [9.17, 15) is 0 Å². The number of hydrogen-bond acceptors (Lipinski definition) is 3. The SMILES string of the molecule is Cc1ccc(N)c(SCc2ccn(C3CCCCC3)n2)c1. The van der Waals surface area contributed by atoms with Crippen LogP contribution in [0.15, 0.2) is 35.4 Å². The highest BCUT2D eigenvalue weighted by Crippen LogP contribution is 2.30. The topological polar surface area (TPSA) is 43.8 Å². The zero-order valence-electron chi connectivity index (χ0n) is 12.6. The van der Waals surface area contributed by atoms with Gasteiger partial charge in [0.15, 0.2) is 0 Å². The molecule has 1 aromatic carbocycles. The van der Waals surface area contributed by atoms with Crippen molar-refractivity contribution in [3.05, 3.63) is 41.7 Å². The van der Waals surface area contributed by atoms with Crippen LogP contribution in [0, 0.1) is 6.92 Å². The van der Waals surface area contributed by atoms with Gasteiger partial charge in [0.05, 0.1) is 11.7 Å². The maximum atomic E-state index is 6.03. The van der Waals surface area contributed by atoms with Crippen molar-refractivity contribution < 1.29 is 0 Å². The lowest BCUT2D eigenvalue weighted by molar-refractivity contribution is 0.328. The van der Waals surface area contributed by atoms with Crippen LogP contribution in [0.25, 0.3) is 0 Å². The second-order valence-electron chi connectivity index (χ2n) is 5.91. The summed E-state index contributed by atoms with van der Waals surface area (Å²) >= 11 is 1.77. The molecule has 1 aliphatic carbocycles. The van der Waals surface area contributed by atoms with Crippen LogP contribution in [-0.2, 0) is 5.75 Å². The molecule has 3 nitrogen and oxygen atoms in total. The van der Waals surface area contributed by atoms with Gasteiger partial charge >= 0.3 is 0 Å². The van der Waals surface area contributed by atoms with E-state index in [0.717, 1.165) is 22.0 Å². The number of nitrogens with two attached hydrogens (primary N) is 1. The van der Waals surface area contributed by atoms with Crippen molar-refractivity contribution in [2.75, 3.05) is 5.73 Å². The van der Waals surface area contributed by atoms with Crippen LogP contribution in [0.5, 0.6) is 0 Å². The molecule has 1 fully saturated rings. The van der Waals surface area contributed by atoms with E-state index in [4.69, 9.17) is 10.8 Å². The second kappa shape index (κ2) is 6.56. The molecular weight excluding hydrogens is 278 g/mol. The van der Waals surface area contributed by atoms with Crippen molar-refractivity contribution in [2.24, 2.45) is 0 Å². The van der Waals surface area contributed by atoms with Gasteiger partial charge in [0.1, 0.15) is 0 Å². The quantitative estimate of drug-likeness (QED) is 0.664. The van der Waals surface area contributed by atoms with Crippen LogP contribution in [0.3, 0.4) is 0 Å². The van der Waals surface area contributed by atoms with Crippen molar-refractivity contribution >= 4 is 17.4 Å². The molecule has 1 heterocycles. The van der Waals surface area contributed by atoms with E-state index in [1.165, 1.54) is 37.7 Å². The lowest BCUT2D eigenvalue weighted by Crippen LogP contribution is -2.13. The Labute approximate surface area is 130 Å². The Morgan fingerprint density at radius 1 is 1.24 bits per heavy atom. The summed E-state index contributed by atoms with van der Waals surface area (Å²) in [6.45, 7) is 2.10. The number of hydrogen-bond donors (Lipinski definition) is 1. The van der Waals surface area contributed by atoms with Crippen LogP contribution >= 0.6 is 11.8 Å². The predicted octanol–water partition coefficient (Wildman–Crippen LogP) is 4.57. The molecule has 0 bridgehead atoms. The van der Waals surface area contributed by atoms with E-state index >= 15 is 0 Å². The number of aryl methyl sites for hydroxylation is 1. The number of thioether (sulfide) groups is 1. The summed E-state index contributed by atoms with van der Waals surface area (Å²) in [6, 6.07) is 8.95. The van der Waals surface area contributed by atoms with Crippen LogP contribution in [0.4, 0.5) is 5.69 Å². The van der Waals surface area contributed by atoms with Gasteiger partial charge in [-0.3, -0.25) is 4.68 Å². The molecule has 1 saturated carbocycles. The summed E-state index contributed by atoms with van der Waals surface area (Å²) in [4.78, 5) is 1.15. The van der Waals surface area contributed by atoms with Gasteiger partial charge in [-0.25, -0.2) is 0 Å². The van der Waals surface area contributed by atoms with E-state index in [0.29, 0.717) is 6.04 Å². The van der Waals surface area contributed by atoms with Crippen LogP contribution in [0.1, 0.15) is 49.4 Å². The van der Waals surface area contributed by atoms with Gasteiger partial charge in [-0.05, 0) is 43.5 Å². The minimum atomic E-state index is 0.613. The first-order valence-corrected chi connectivity index (χ1v) is 8.74. The average Bonchev–Trinajstić information content (AvgIpc) is 2.98. The van der Waals surface area contributed by atoms with Crippen LogP contribution in [0.2, 0.25) is 0 Å². The van der Waals surface area contributed by atoms with E-state index in [2.05, 4.69) is 36.0 Å². The molecule has 0 spiro atoms. The largest absolute Gasteiger partial charge is 0.398 e. The lowest BCUT2D eigenvalue weighted by Gasteiger charge is -2.21. The standard InChI is InChI=1S/C17H23N3S/c1-13-7-8-16(18)17(11-13)21-12-14-9-10-20(19-14)15-5-3-2-4-6-15/h7-11,15H,2-6,12,18H2,1H3. The number of anilines is 1. The third kappa shape index (κ3) is 3.62. The molecule has 4 heteroatoms. The summed E-state index contributed by atoms with van der Waals surface area (Å²) < 4.78 is 2.18. The first kappa shape index (κ1) is 14.5. The van der Waals surface area contributed by atoms with Gasteiger partial charge in [0, 0.05) is 22.5 Å². The van der Waals surface area contributed by atoms with Gasteiger partial charge in [-0.2, -0.15) is 5.10 Å². The fraction of sp³-hybridized carbons (Fsp3) is 0.471. The smallest absolute Gasteiger partial charge is 0.0727 e. The van der Waals surface area contributed by atoms with Crippen molar-refractivity contribution in [3.8, 4) is 0 Å². The minimum Gasteiger partial charge on any atom is -0.398 e. The second-order valence-corrected chi connectivity index (χ2v) is 6.93. The van der Waals surface area contributed by atoms with Gasteiger partial charge in [0.25, 0.3) is 0 Å². The molecule has 0 saturated heterocycles. The molecule has 21 heavy (non-hydrogen) atoms. The van der Waals surface area contributed by atoms with Gasteiger partial charge < -0.3 is 5.73 Å². The van der Waals surface area contributed by atoms with Crippen molar-refractivity contribution in [1.82, 2.24) is 9.78 Å². The molecule has 0 atom stereocenters.